The zero-order valence-electron chi connectivity index (χ0n) is 18.5. The normalized spacial score (nSPS) is 11.9. The third-order valence-electron chi connectivity index (χ3n) is 5.20. The van der Waals surface area contributed by atoms with Gasteiger partial charge < -0.3 is 9.72 Å². The van der Waals surface area contributed by atoms with Crippen LogP contribution in [-0.2, 0) is 5.41 Å². The lowest BCUT2D eigenvalue weighted by Crippen LogP contribution is -2.10. The van der Waals surface area contributed by atoms with E-state index in [0.717, 1.165) is 16.6 Å². The van der Waals surface area contributed by atoms with Gasteiger partial charge in [-0.25, -0.2) is 4.98 Å². The molecular formula is C26H22N4O3. The van der Waals surface area contributed by atoms with Gasteiger partial charge in [0.1, 0.15) is 17.6 Å². The lowest BCUT2D eigenvalue weighted by molar-refractivity contribution is -0.385. The maximum Gasteiger partial charge on any atom is 0.312 e. The van der Waals surface area contributed by atoms with Gasteiger partial charge in [0.15, 0.2) is 0 Å². The van der Waals surface area contributed by atoms with Gasteiger partial charge in [0.05, 0.1) is 21.5 Å². The molecule has 3 aromatic carbocycles. The fourth-order valence-electron chi connectivity index (χ4n) is 3.40. The fourth-order valence-corrected chi connectivity index (χ4v) is 3.40. The summed E-state index contributed by atoms with van der Waals surface area (Å²) in [5, 5.41) is 21.4. The van der Waals surface area contributed by atoms with Crippen molar-refractivity contribution < 1.29 is 9.66 Å². The zero-order valence-corrected chi connectivity index (χ0v) is 18.5. The first-order valence-corrected chi connectivity index (χ1v) is 10.4. The summed E-state index contributed by atoms with van der Waals surface area (Å²) >= 11 is 0. The molecule has 7 heteroatoms. The summed E-state index contributed by atoms with van der Waals surface area (Å²) in [6, 6.07) is 21.7. The van der Waals surface area contributed by atoms with Crippen molar-refractivity contribution in [3.63, 3.8) is 0 Å². The molecule has 33 heavy (non-hydrogen) atoms. The van der Waals surface area contributed by atoms with Gasteiger partial charge in [0.2, 0.25) is 5.75 Å². The molecule has 1 heterocycles. The van der Waals surface area contributed by atoms with Gasteiger partial charge in [-0.15, -0.1) is 0 Å². The minimum absolute atomic E-state index is 0.00318. The third-order valence-corrected chi connectivity index (χ3v) is 5.20. The van der Waals surface area contributed by atoms with E-state index in [1.165, 1.54) is 12.1 Å². The highest BCUT2D eigenvalue weighted by molar-refractivity contribution is 5.90. The average Bonchev–Trinajstić information content (AvgIpc) is 3.22. The standard InChI is InChI=1S/C26H22N4O3/c1-26(2,3)19-9-11-20(12-10-19)33-24-13-8-17(15-23(24)30(31)32)14-18(16-27)25-28-21-6-4-5-7-22(21)29-25/h4-15H,1-3H3,(H,28,29). The average molecular weight is 438 g/mol. The Kier molecular flexibility index (Phi) is 5.67. The van der Waals surface area contributed by atoms with Crippen LogP contribution >= 0.6 is 0 Å². The van der Waals surface area contributed by atoms with Crippen molar-refractivity contribution in [1.82, 2.24) is 9.97 Å². The molecule has 0 aliphatic rings. The Hall–Kier alpha value is -4.44. The fraction of sp³-hybridized carbons (Fsp3) is 0.154. The van der Waals surface area contributed by atoms with Crippen molar-refractivity contribution in [2.24, 2.45) is 0 Å². The van der Waals surface area contributed by atoms with Crippen molar-refractivity contribution in [2.45, 2.75) is 26.2 Å². The SMILES string of the molecule is CC(C)(C)c1ccc(Oc2ccc(C=C(C#N)c3nc4ccccc4[nH]3)cc2[N+](=O)[O-])cc1. The van der Waals surface area contributed by atoms with E-state index < -0.39 is 4.92 Å². The molecular weight excluding hydrogens is 416 g/mol. The molecule has 0 aliphatic heterocycles. The van der Waals surface area contributed by atoms with E-state index in [2.05, 4.69) is 36.8 Å². The van der Waals surface area contributed by atoms with Gasteiger partial charge in [0.25, 0.3) is 0 Å². The Balaban J connectivity index is 1.65. The van der Waals surface area contributed by atoms with Gasteiger partial charge in [-0.3, -0.25) is 10.1 Å². The van der Waals surface area contributed by atoms with Gasteiger partial charge in [-0.1, -0.05) is 51.1 Å². The van der Waals surface area contributed by atoms with E-state index in [1.54, 1.807) is 24.3 Å². The molecule has 0 saturated carbocycles. The molecule has 164 valence electrons. The molecule has 0 aliphatic carbocycles. The first kappa shape index (κ1) is 21.8. The number of para-hydroxylation sites is 2. The number of nitro groups is 1. The number of hydrogen-bond donors (Lipinski definition) is 1. The molecule has 0 saturated heterocycles. The first-order valence-electron chi connectivity index (χ1n) is 10.4. The molecule has 0 atom stereocenters. The lowest BCUT2D eigenvalue weighted by atomic mass is 9.87. The van der Waals surface area contributed by atoms with Crippen LogP contribution < -0.4 is 4.74 Å². The quantitative estimate of drug-likeness (QED) is 0.214. The highest BCUT2D eigenvalue weighted by Crippen LogP contribution is 2.34. The number of aromatic amines is 1. The van der Waals surface area contributed by atoms with Crippen LogP contribution in [0.4, 0.5) is 5.69 Å². The number of rotatable bonds is 5. The third kappa shape index (κ3) is 4.75. The van der Waals surface area contributed by atoms with Crippen LogP contribution in [0.1, 0.15) is 37.7 Å². The summed E-state index contributed by atoms with van der Waals surface area (Å²) in [5.74, 6) is 1.04. The van der Waals surface area contributed by atoms with E-state index in [4.69, 9.17) is 4.74 Å². The number of ether oxygens (including phenoxy) is 1. The lowest BCUT2D eigenvalue weighted by Gasteiger charge is -2.19. The Morgan fingerprint density at radius 1 is 1.12 bits per heavy atom. The van der Waals surface area contributed by atoms with Crippen LogP contribution in [0, 0.1) is 21.4 Å². The van der Waals surface area contributed by atoms with Crippen molar-refractivity contribution in [3.05, 3.63) is 93.8 Å². The van der Waals surface area contributed by atoms with Gasteiger partial charge in [0, 0.05) is 6.07 Å². The molecule has 0 spiro atoms. The van der Waals surface area contributed by atoms with Crippen molar-refractivity contribution in [2.75, 3.05) is 0 Å². The summed E-state index contributed by atoms with van der Waals surface area (Å²) in [4.78, 5) is 18.8. The van der Waals surface area contributed by atoms with Crippen molar-refractivity contribution >= 4 is 28.4 Å². The second-order valence-electron chi connectivity index (χ2n) is 8.63. The zero-order chi connectivity index (χ0) is 23.6. The van der Waals surface area contributed by atoms with Crippen LogP contribution in [0.25, 0.3) is 22.7 Å². The van der Waals surface area contributed by atoms with Crippen LogP contribution in [0.5, 0.6) is 11.5 Å². The molecule has 0 unspecified atom stereocenters. The number of nitro benzene ring substituents is 1. The van der Waals surface area contributed by atoms with E-state index in [0.29, 0.717) is 17.1 Å². The highest BCUT2D eigenvalue weighted by atomic mass is 16.6. The molecule has 4 aromatic rings. The van der Waals surface area contributed by atoms with Crippen LogP contribution in [0.3, 0.4) is 0 Å². The number of nitrogens with one attached hydrogen (secondary N) is 1. The summed E-state index contributed by atoms with van der Waals surface area (Å²) in [7, 11) is 0. The number of nitrogens with zero attached hydrogens (tertiary/aromatic N) is 3. The van der Waals surface area contributed by atoms with Gasteiger partial charge in [-0.05, 0) is 52.9 Å². The molecule has 1 N–H and O–H groups in total. The van der Waals surface area contributed by atoms with Gasteiger partial charge >= 0.3 is 5.69 Å². The Labute approximate surface area is 191 Å². The van der Waals surface area contributed by atoms with E-state index in [1.807, 2.05) is 36.4 Å². The van der Waals surface area contributed by atoms with E-state index in [9.17, 15) is 15.4 Å². The van der Waals surface area contributed by atoms with Crippen molar-refractivity contribution in [1.29, 1.82) is 5.26 Å². The summed E-state index contributed by atoms with van der Waals surface area (Å²) in [6.45, 7) is 6.34. The second-order valence-corrected chi connectivity index (χ2v) is 8.63. The van der Waals surface area contributed by atoms with E-state index in [-0.39, 0.29) is 22.4 Å². The number of aromatic nitrogens is 2. The maximum atomic E-state index is 11.7. The molecule has 0 fully saturated rings. The molecule has 4 rings (SSSR count). The van der Waals surface area contributed by atoms with Crippen LogP contribution in [0.2, 0.25) is 0 Å². The van der Waals surface area contributed by atoms with E-state index >= 15 is 0 Å². The predicted molar refractivity (Wildman–Crippen MR) is 128 cm³/mol. The van der Waals surface area contributed by atoms with Crippen molar-refractivity contribution in [3.8, 4) is 17.6 Å². The highest BCUT2D eigenvalue weighted by Gasteiger charge is 2.18. The van der Waals surface area contributed by atoms with Crippen LogP contribution in [0.15, 0.2) is 66.7 Å². The summed E-state index contributed by atoms with van der Waals surface area (Å²) < 4.78 is 5.80. The monoisotopic (exact) mass is 438 g/mol. The van der Waals surface area contributed by atoms with Gasteiger partial charge in [-0.2, -0.15) is 5.26 Å². The molecule has 0 amide bonds. The Bertz CT molecular complexity index is 1370. The summed E-state index contributed by atoms with van der Waals surface area (Å²) in [5.41, 5.74) is 3.25. The number of fused-ring (bicyclic) bond motifs is 1. The second kappa shape index (κ2) is 8.60. The number of hydrogen-bond acceptors (Lipinski definition) is 5. The topological polar surface area (TPSA) is 105 Å². The molecule has 1 aromatic heterocycles. The largest absolute Gasteiger partial charge is 0.450 e. The first-order chi connectivity index (χ1) is 15.7. The number of benzene rings is 3. The molecule has 0 bridgehead atoms. The summed E-state index contributed by atoms with van der Waals surface area (Å²) in [6.07, 6.45) is 1.56. The number of allylic oxidation sites excluding steroid dienone is 1. The van der Waals surface area contributed by atoms with Crippen LogP contribution in [-0.4, -0.2) is 14.9 Å². The Morgan fingerprint density at radius 2 is 1.85 bits per heavy atom. The minimum Gasteiger partial charge on any atom is -0.450 e. The number of H-pyrrole nitrogens is 1. The molecule has 7 nitrogen and oxygen atoms in total. The maximum absolute atomic E-state index is 11.7. The smallest absolute Gasteiger partial charge is 0.312 e. The molecule has 0 radical (unpaired) electrons. The Morgan fingerprint density at radius 3 is 2.48 bits per heavy atom. The minimum atomic E-state index is -0.497. The number of imidazole rings is 1. The predicted octanol–water partition coefficient (Wildman–Crippen LogP) is 6.63. The number of nitriles is 1.